The van der Waals surface area contributed by atoms with Gasteiger partial charge in [-0.15, -0.1) is 0 Å². The van der Waals surface area contributed by atoms with E-state index in [1.807, 2.05) is 4.90 Å². The molecule has 0 spiro atoms. The zero-order valence-electron chi connectivity index (χ0n) is 15.0. The van der Waals surface area contributed by atoms with Gasteiger partial charge in [-0.25, -0.2) is 0 Å². The SMILES string of the molecule is NC(=O)CN1CCN(C2CCCN(c3ccc(OC(F)F)cc3)C2=O)CC1. The lowest BCUT2D eigenvalue weighted by Gasteiger charge is -2.42. The average molecular weight is 382 g/mol. The van der Waals surface area contributed by atoms with Crippen LogP contribution in [-0.4, -0.2) is 73.5 Å². The largest absolute Gasteiger partial charge is 0.435 e. The number of primary amides is 1. The Hall–Kier alpha value is -2.26. The van der Waals surface area contributed by atoms with Gasteiger partial charge in [-0.2, -0.15) is 8.78 Å². The number of piperazine rings is 1. The third kappa shape index (κ3) is 4.92. The fraction of sp³-hybridized carbons (Fsp3) is 0.556. The van der Waals surface area contributed by atoms with Crippen molar-refractivity contribution >= 4 is 17.5 Å². The Kier molecular flexibility index (Phi) is 6.22. The molecule has 3 rings (SSSR count). The van der Waals surface area contributed by atoms with Crippen molar-refractivity contribution in [3.05, 3.63) is 24.3 Å². The third-order valence-corrected chi connectivity index (χ3v) is 5.01. The summed E-state index contributed by atoms with van der Waals surface area (Å²) in [5, 5.41) is 0. The summed E-state index contributed by atoms with van der Waals surface area (Å²) in [5.41, 5.74) is 5.92. The van der Waals surface area contributed by atoms with Gasteiger partial charge < -0.3 is 15.4 Å². The van der Waals surface area contributed by atoms with Crippen LogP contribution in [0, 0.1) is 0 Å². The molecule has 2 heterocycles. The summed E-state index contributed by atoms with van der Waals surface area (Å²) in [7, 11) is 0. The molecule has 0 bridgehead atoms. The summed E-state index contributed by atoms with van der Waals surface area (Å²) in [4.78, 5) is 29.9. The number of carbonyl (C=O) groups is 2. The highest BCUT2D eigenvalue weighted by atomic mass is 19.3. The number of anilines is 1. The highest BCUT2D eigenvalue weighted by molar-refractivity contribution is 5.98. The lowest BCUT2D eigenvalue weighted by Crippen LogP contribution is -2.58. The first-order chi connectivity index (χ1) is 12.9. The van der Waals surface area contributed by atoms with Crippen LogP contribution in [0.25, 0.3) is 0 Å². The number of piperidine rings is 1. The van der Waals surface area contributed by atoms with Crippen LogP contribution in [0.4, 0.5) is 14.5 Å². The number of rotatable bonds is 6. The first kappa shape index (κ1) is 19.5. The molecule has 1 unspecified atom stereocenters. The molecule has 2 saturated heterocycles. The Morgan fingerprint density at radius 2 is 1.81 bits per heavy atom. The van der Waals surface area contributed by atoms with E-state index in [2.05, 4.69) is 9.64 Å². The van der Waals surface area contributed by atoms with E-state index in [1.165, 1.54) is 12.1 Å². The van der Waals surface area contributed by atoms with Gasteiger partial charge in [0.05, 0.1) is 12.6 Å². The van der Waals surface area contributed by atoms with E-state index in [4.69, 9.17) is 5.73 Å². The second kappa shape index (κ2) is 8.62. The molecule has 148 valence electrons. The van der Waals surface area contributed by atoms with Crippen LogP contribution in [0.2, 0.25) is 0 Å². The molecule has 2 fully saturated rings. The highest BCUT2D eigenvalue weighted by Gasteiger charge is 2.35. The summed E-state index contributed by atoms with van der Waals surface area (Å²) >= 11 is 0. The van der Waals surface area contributed by atoms with Crippen molar-refractivity contribution in [3.8, 4) is 5.75 Å². The minimum absolute atomic E-state index is 0.0205. The van der Waals surface area contributed by atoms with E-state index in [9.17, 15) is 18.4 Å². The van der Waals surface area contributed by atoms with Gasteiger partial charge in [-0.3, -0.25) is 19.4 Å². The molecule has 7 nitrogen and oxygen atoms in total. The first-order valence-electron chi connectivity index (χ1n) is 9.05. The lowest BCUT2D eigenvalue weighted by atomic mass is 10.0. The number of hydrogen-bond donors (Lipinski definition) is 1. The van der Waals surface area contributed by atoms with Crippen molar-refractivity contribution in [2.45, 2.75) is 25.5 Å². The van der Waals surface area contributed by atoms with Gasteiger partial charge in [-0.1, -0.05) is 0 Å². The van der Waals surface area contributed by atoms with Gasteiger partial charge in [0, 0.05) is 38.4 Å². The number of amides is 2. The van der Waals surface area contributed by atoms with E-state index in [-0.39, 0.29) is 30.2 Å². The minimum atomic E-state index is -2.87. The third-order valence-electron chi connectivity index (χ3n) is 5.01. The van der Waals surface area contributed by atoms with Gasteiger partial charge in [-0.05, 0) is 37.1 Å². The number of carbonyl (C=O) groups excluding carboxylic acids is 2. The number of hydrogen-bond acceptors (Lipinski definition) is 5. The average Bonchev–Trinajstić information content (AvgIpc) is 2.63. The van der Waals surface area contributed by atoms with Gasteiger partial charge in [0.2, 0.25) is 11.8 Å². The van der Waals surface area contributed by atoms with E-state index in [0.29, 0.717) is 38.4 Å². The summed E-state index contributed by atoms with van der Waals surface area (Å²) in [5.74, 6) is -0.255. The Balaban J connectivity index is 1.61. The second-order valence-corrected chi connectivity index (χ2v) is 6.80. The molecule has 0 aliphatic carbocycles. The summed E-state index contributed by atoms with van der Waals surface area (Å²) < 4.78 is 28.9. The zero-order chi connectivity index (χ0) is 19.4. The van der Waals surface area contributed by atoms with Crippen LogP contribution >= 0.6 is 0 Å². The van der Waals surface area contributed by atoms with Crippen molar-refractivity contribution in [1.29, 1.82) is 0 Å². The topological polar surface area (TPSA) is 79.1 Å². The summed E-state index contributed by atoms with van der Waals surface area (Å²) in [6.45, 7) is 0.790. The van der Waals surface area contributed by atoms with Crippen molar-refractivity contribution in [3.63, 3.8) is 0 Å². The van der Waals surface area contributed by atoms with E-state index in [1.54, 1.807) is 17.0 Å². The molecule has 1 aromatic carbocycles. The Bertz CT molecular complexity index is 663. The van der Waals surface area contributed by atoms with Crippen LogP contribution in [0.15, 0.2) is 24.3 Å². The van der Waals surface area contributed by atoms with E-state index in [0.717, 1.165) is 12.8 Å². The monoisotopic (exact) mass is 382 g/mol. The molecule has 2 aliphatic heterocycles. The molecule has 0 aromatic heterocycles. The molecule has 0 saturated carbocycles. The number of nitrogens with two attached hydrogens (primary N) is 1. The molecule has 2 amide bonds. The summed E-state index contributed by atoms with van der Waals surface area (Å²) in [6.07, 6.45) is 1.66. The second-order valence-electron chi connectivity index (χ2n) is 6.80. The van der Waals surface area contributed by atoms with Crippen LogP contribution < -0.4 is 15.4 Å². The zero-order valence-corrected chi connectivity index (χ0v) is 15.0. The van der Waals surface area contributed by atoms with Crippen LogP contribution in [-0.2, 0) is 9.59 Å². The van der Waals surface area contributed by atoms with Gasteiger partial charge in [0.15, 0.2) is 0 Å². The molecule has 1 atom stereocenters. The Labute approximate surface area is 156 Å². The number of nitrogens with zero attached hydrogens (tertiary/aromatic N) is 3. The molecular weight excluding hydrogens is 358 g/mol. The maximum absolute atomic E-state index is 13.0. The van der Waals surface area contributed by atoms with Crippen molar-refractivity contribution in [1.82, 2.24) is 9.80 Å². The molecule has 1 aromatic rings. The molecule has 9 heteroatoms. The minimum Gasteiger partial charge on any atom is -0.435 e. The quantitative estimate of drug-likeness (QED) is 0.791. The maximum atomic E-state index is 13.0. The molecule has 2 aliphatic rings. The smallest absolute Gasteiger partial charge is 0.387 e. The Morgan fingerprint density at radius 1 is 1.15 bits per heavy atom. The van der Waals surface area contributed by atoms with Gasteiger partial charge in [0.25, 0.3) is 0 Å². The lowest BCUT2D eigenvalue weighted by molar-refractivity contribution is -0.127. The van der Waals surface area contributed by atoms with E-state index < -0.39 is 6.61 Å². The van der Waals surface area contributed by atoms with Gasteiger partial charge >= 0.3 is 6.61 Å². The molecule has 2 N–H and O–H groups in total. The predicted molar refractivity (Wildman–Crippen MR) is 95.7 cm³/mol. The number of benzene rings is 1. The van der Waals surface area contributed by atoms with Crippen LogP contribution in [0.3, 0.4) is 0 Å². The normalized spacial score (nSPS) is 22.3. The number of ether oxygens (including phenoxy) is 1. The predicted octanol–water partition coefficient (Wildman–Crippen LogP) is 0.886. The maximum Gasteiger partial charge on any atom is 0.387 e. The van der Waals surface area contributed by atoms with E-state index >= 15 is 0 Å². The standard InChI is InChI=1S/C18H24F2N4O3/c19-18(20)27-14-5-3-13(4-6-14)24-7-1-2-15(17(24)26)23-10-8-22(9-11-23)12-16(21)25/h3-6,15,18H,1-2,7-12H2,(H2,21,25). The summed E-state index contributed by atoms with van der Waals surface area (Å²) in [6, 6.07) is 5.94. The number of halogens is 2. The van der Waals surface area contributed by atoms with Crippen LogP contribution in [0.5, 0.6) is 5.75 Å². The van der Waals surface area contributed by atoms with Crippen molar-refractivity contribution < 1.29 is 23.1 Å². The molecule has 0 radical (unpaired) electrons. The fourth-order valence-corrected chi connectivity index (χ4v) is 3.71. The fourth-order valence-electron chi connectivity index (χ4n) is 3.71. The van der Waals surface area contributed by atoms with Crippen molar-refractivity contribution in [2.75, 3.05) is 44.2 Å². The number of alkyl halides is 2. The van der Waals surface area contributed by atoms with Crippen LogP contribution in [0.1, 0.15) is 12.8 Å². The molecular formula is C18H24F2N4O3. The first-order valence-corrected chi connectivity index (χ1v) is 9.05. The molecule has 27 heavy (non-hydrogen) atoms. The van der Waals surface area contributed by atoms with Crippen molar-refractivity contribution in [2.24, 2.45) is 5.73 Å². The highest BCUT2D eigenvalue weighted by Crippen LogP contribution is 2.26. The Morgan fingerprint density at radius 3 is 2.41 bits per heavy atom. The van der Waals surface area contributed by atoms with Gasteiger partial charge in [0.1, 0.15) is 5.75 Å².